The van der Waals surface area contributed by atoms with Gasteiger partial charge in [0.15, 0.2) is 0 Å². The summed E-state index contributed by atoms with van der Waals surface area (Å²) in [5, 5.41) is 5.38. The van der Waals surface area contributed by atoms with E-state index in [1.54, 1.807) is 5.38 Å². The zero-order valence-corrected chi connectivity index (χ0v) is 11.7. The highest BCUT2D eigenvalue weighted by atomic mass is 32.1. The Kier molecular flexibility index (Phi) is 4.65. The SMILES string of the molecule is Cc1ccc(CCNC(=O)c2csc(CN)n2)cc1. The van der Waals surface area contributed by atoms with E-state index >= 15 is 0 Å². The summed E-state index contributed by atoms with van der Waals surface area (Å²) in [4.78, 5) is 16.0. The highest BCUT2D eigenvalue weighted by Crippen LogP contribution is 2.08. The number of carbonyl (C=O) groups excluding carboxylic acids is 1. The van der Waals surface area contributed by atoms with Crippen molar-refractivity contribution in [3.63, 3.8) is 0 Å². The van der Waals surface area contributed by atoms with Gasteiger partial charge in [-0.15, -0.1) is 11.3 Å². The Morgan fingerprint density at radius 1 is 1.37 bits per heavy atom. The third-order valence-corrected chi connectivity index (χ3v) is 3.65. The van der Waals surface area contributed by atoms with Gasteiger partial charge >= 0.3 is 0 Å². The molecule has 19 heavy (non-hydrogen) atoms. The van der Waals surface area contributed by atoms with Crippen molar-refractivity contribution in [2.24, 2.45) is 5.73 Å². The highest BCUT2D eigenvalue weighted by molar-refractivity contribution is 7.09. The molecule has 0 aliphatic heterocycles. The first-order valence-corrected chi connectivity index (χ1v) is 7.05. The van der Waals surface area contributed by atoms with Crippen LogP contribution in [0.15, 0.2) is 29.6 Å². The van der Waals surface area contributed by atoms with Crippen LogP contribution in [0.5, 0.6) is 0 Å². The smallest absolute Gasteiger partial charge is 0.270 e. The Labute approximate surface area is 116 Å². The van der Waals surface area contributed by atoms with Crippen molar-refractivity contribution in [2.75, 3.05) is 6.54 Å². The van der Waals surface area contributed by atoms with Gasteiger partial charge < -0.3 is 11.1 Å². The summed E-state index contributed by atoms with van der Waals surface area (Å²) in [7, 11) is 0. The number of carbonyl (C=O) groups is 1. The molecule has 1 aromatic carbocycles. The van der Waals surface area contributed by atoms with Crippen LogP contribution in [0.2, 0.25) is 0 Å². The van der Waals surface area contributed by atoms with Gasteiger partial charge in [0.1, 0.15) is 10.7 Å². The number of rotatable bonds is 5. The number of aromatic nitrogens is 1. The van der Waals surface area contributed by atoms with Crippen LogP contribution in [0.4, 0.5) is 0 Å². The van der Waals surface area contributed by atoms with Crippen LogP contribution in [0.1, 0.15) is 26.6 Å². The molecule has 100 valence electrons. The van der Waals surface area contributed by atoms with Crippen molar-refractivity contribution in [3.8, 4) is 0 Å². The minimum Gasteiger partial charge on any atom is -0.350 e. The average molecular weight is 275 g/mol. The summed E-state index contributed by atoms with van der Waals surface area (Å²) in [5.74, 6) is -0.136. The predicted molar refractivity (Wildman–Crippen MR) is 77.2 cm³/mol. The van der Waals surface area contributed by atoms with Crippen molar-refractivity contribution >= 4 is 17.2 Å². The first kappa shape index (κ1) is 13.7. The molecule has 2 rings (SSSR count). The largest absolute Gasteiger partial charge is 0.350 e. The van der Waals surface area contributed by atoms with Crippen LogP contribution in [0.3, 0.4) is 0 Å². The predicted octanol–water partition coefficient (Wildman–Crippen LogP) is 1.88. The summed E-state index contributed by atoms with van der Waals surface area (Å²) in [5.41, 5.74) is 8.38. The van der Waals surface area contributed by atoms with E-state index in [9.17, 15) is 4.79 Å². The third kappa shape index (κ3) is 3.87. The fourth-order valence-electron chi connectivity index (χ4n) is 1.67. The Balaban J connectivity index is 1.82. The standard InChI is InChI=1S/C14H17N3OS/c1-10-2-4-11(5-3-10)6-7-16-14(18)12-9-19-13(8-15)17-12/h2-5,9H,6-8,15H2,1H3,(H,16,18). The number of hydrogen-bond acceptors (Lipinski definition) is 4. The molecule has 0 saturated carbocycles. The van der Waals surface area contributed by atoms with Gasteiger partial charge in [-0.2, -0.15) is 0 Å². The highest BCUT2D eigenvalue weighted by Gasteiger charge is 2.09. The van der Waals surface area contributed by atoms with E-state index in [1.165, 1.54) is 22.5 Å². The minimum absolute atomic E-state index is 0.136. The number of nitrogens with zero attached hydrogens (tertiary/aromatic N) is 1. The maximum Gasteiger partial charge on any atom is 0.270 e. The van der Waals surface area contributed by atoms with Gasteiger partial charge in [-0.1, -0.05) is 29.8 Å². The molecule has 0 unspecified atom stereocenters. The molecule has 3 N–H and O–H groups in total. The summed E-state index contributed by atoms with van der Waals surface area (Å²) < 4.78 is 0. The lowest BCUT2D eigenvalue weighted by molar-refractivity contribution is 0.0949. The number of nitrogens with one attached hydrogen (secondary N) is 1. The molecule has 2 aromatic rings. The molecule has 0 aliphatic rings. The van der Waals surface area contributed by atoms with Crippen LogP contribution in [-0.2, 0) is 13.0 Å². The van der Waals surface area contributed by atoms with E-state index in [4.69, 9.17) is 5.73 Å². The normalized spacial score (nSPS) is 10.4. The Morgan fingerprint density at radius 2 is 2.11 bits per heavy atom. The lowest BCUT2D eigenvalue weighted by Crippen LogP contribution is -2.26. The molecule has 0 fully saturated rings. The van der Waals surface area contributed by atoms with E-state index < -0.39 is 0 Å². The minimum atomic E-state index is -0.136. The molecule has 0 aliphatic carbocycles. The second-order valence-electron chi connectivity index (χ2n) is 4.32. The number of aryl methyl sites for hydroxylation is 1. The molecule has 1 amide bonds. The first-order valence-electron chi connectivity index (χ1n) is 6.17. The van der Waals surface area contributed by atoms with Gasteiger partial charge in [-0.05, 0) is 18.9 Å². The van der Waals surface area contributed by atoms with Gasteiger partial charge in [-0.25, -0.2) is 4.98 Å². The Morgan fingerprint density at radius 3 is 2.74 bits per heavy atom. The van der Waals surface area contributed by atoms with Gasteiger partial charge in [0.05, 0.1) is 0 Å². The number of hydrogen-bond donors (Lipinski definition) is 2. The molecule has 1 heterocycles. The quantitative estimate of drug-likeness (QED) is 0.875. The molecule has 1 aromatic heterocycles. The third-order valence-electron chi connectivity index (χ3n) is 2.78. The summed E-state index contributed by atoms with van der Waals surface area (Å²) in [6, 6.07) is 8.31. The monoisotopic (exact) mass is 275 g/mol. The van der Waals surface area contributed by atoms with Crippen molar-refractivity contribution < 1.29 is 4.79 Å². The number of benzene rings is 1. The first-order chi connectivity index (χ1) is 9.19. The molecule has 0 bridgehead atoms. The molecular weight excluding hydrogens is 258 g/mol. The summed E-state index contributed by atoms with van der Waals surface area (Å²) in [6.07, 6.45) is 0.819. The van der Waals surface area contributed by atoms with Crippen LogP contribution >= 0.6 is 11.3 Å². The average Bonchev–Trinajstić information content (AvgIpc) is 2.90. The summed E-state index contributed by atoms with van der Waals surface area (Å²) in [6.45, 7) is 3.04. The van der Waals surface area contributed by atoms with Crippen LogP contribution < -0.4 is 11.1 Å². The van der Waals surface area contributed by atoms with Crippen LogP contribution in [0.25, 0.3) is 0 Å². The van der Waals surface area contributed by atoms with E-state index in [0.717, 1.165) is 11.4 Å². The van der Waals surface area contributed by atoms with Crippen molar-refractivity contribution in [1.82, 2.24) is 10.3 Å². The van der Waals surface area contributed by atoms with Gasteiger partial charge in [-0.3, -0.25) is 4.79 Å². The van der Waals surface area contributed by atoms with Gasteiger partial charge in [0.2, 0.25) is 0 Å². The molecule has 0 saturated heterocycles. The van der Waals surface area contributed by atoms with Gasteiger partial charge in [0, 0.05) is 18.5 Å². The lowest BCUT2D eigenvalue weighted by Gasteiger charge is -2.04. The zero-order valence-electron chi connectivity index (χ0n) is 10.8. The molecule has 4 nitrogen and oxygen atoms in total. The van der Waals surface area contributed by atoms with E-state index in [1.807, 2.05) is 0 Å². The number of nitrogens with two attached hydrogens (primary N) is 1. The molecule has 5 heteroatoms. The summed E-state index contributed by atoms with van der Waals surface area (Å²) >= 11 is 1.41. The van der Waals surface area contributed by atoms with Crippen molar-refractivity contribution in [1.29, 1.82) is 0 Å². The van der Waals surface area contributed by atoms with E-state index in [0.29, 0.717) is 18.8 Å². The maximum atomic E-state index is 11.8. The molecule has 0 radical (unpaired) electrons. The fourth-order valence-corrected chi connectivity index (χ4v) is 2.33. The zero-order chi connectivity index (χ0) is 13.7. The Bertz CT molecular complexity index is 548. The molecular formula is C14H17N3OS. The molecule has 0 spiro atoms. The van der Waals surface area contributed by atoms with Crippen molar-refractivity contribution in [3.05, 3.63) is 51.5 Å². The maximum absolute atomic E-state index is 11.8. The second-order valence-corrected chi connectivity index (χ2v) is 5.26. The number of amides is 1. The van der Waals surface area contributed by atoms with Gasteiger partial charge in [0.25, 0.3) is 5.91 Å². The lowest BCUT2D eigenvalue weighted by atomic mass is 10.1. The topological polar surface area (TPSA) is 68.0 Å². The van der Waals surface area contributed by atoms with E-state index in [2.05, 4.69) is 41.5 Å². The van der Waals surface area contributed by atoms with Crippen molar-refractivity contribution in [2.45, 2.75) is 19.9 Å². The van der Waals surface area contributed by atoms with Crippen LogP contribution in [-0.4, -0.2) is 17.4 Å². The second kappa shape index (κ2) is 6.45. The van der Waals surface area contributed by atoms with Crippen LogP contribution in [0, 0.1) is 6.92 Å². The fraction of sp³-hybridized carbons (Fsp3) is 0.286. The number of thiazole rings is 1. The van der Waals surface area contributed by atoms with E-state index in [-0.39, 0.29) is 5.91 Å². The molecule has 0 atom stereocenters. The Hall–Kier alpha value is -1.72.